The molecular formula is C14H17ClFNO2. The van der Waals surface area contributed by atoms with Crippen LogP contribution in [0.3, 0.4) is 0 Å². The molecule has 104 valence electrons. The number of amides is 1. The van der Waals surface area contributed by atoms with Crippen LogP contribution < -0.4 is 5.32 Å². The molecule has 2 rings (SSSR count). The van der Waals surface area contributed by atoms with Crippen molar-refractivity contribution in [2.45, 2.75) is 37.6 Å². The number of phenols is 1. The zero-order valence-electron chi connectivity index (χ0n) is 10.6. The Kier molecular flexibility index (Phi) is 4.30. The molecule has 0 bridgehead atoms. The van der Waals surface area contributed by atoms with Gasteiger partial charge in [-0.05, 0) is 25.0 Å². The Balaban J connectivity index is 2.15. The topological polar surface area (TPSA) is 49.3 Å². The Morgan fingerprint density at radius 2 is 2.05 bits per heavy atom. The van der Waals surface area contributed by atoms with E-state index in [1.165, 1.54) is 12.1 Å². The van der Waals surface area contributed by atoms with E-state index in [1.807, 2.05) is 0 Å². The fourth-order valence-electron chi connectivity index (χ4n) is 2.52. The maximum atomic E-state index is 13.6. The molecule has 0 radical (unpaired) electrons. The van der Waals surface area contributed by atoms with E-state index < -0.39 is 17.3 Å². The molecule has 0 atom stereocenters. The first-order valence-corrected chi connectivity index (χ1v) is 6.97. The summed E-state index contributed by atoms with van der Waals surface area (Å²) >= 11 is 5.99. The lowest BCUT2D eigenvalue weighted by molar-refractivity contribution is 0.0880. The van der Waals surface area contributed by atoms with Gasteiger partial charge in [-0.15, -0.1) is 11.6 Å². The number of carbonyl (C=O) groups is 1. The molecule has 1 amide bonds. The number of halogens is 2. The maximum absolute atomic E-state index is 13.6. The minimum absolute atomic E-state index is 0.0622. The SMILES string of the molecule is O=C(NC1(CCl)CCCCC1)c1ccc(O)cc1F. The molecule has 1 aromatic rings. The normalized spacial score (nSPS) is 18.0. The molecule has 1 saturated carbocycles. The summed E-state index contributed by atoms with van der Waals surface area (Å²) in [5, 5.41) is 12.0. The number of phenolic OH excluding ortho intramolecular Hbond substituents is 1. The average molecular weight is 286 g/mol. The van der Waals surface area contributed by atoms with Gasteiger partial charge >= 0.3 is 0 Å². The number of alkyl halides is 1. The minimum Gasteiger partial charge on any atom is -0.508 e. The third-order valence-corrected chi connectivity index (χ3v) is 4.15. The Labute approximate surface area is 116 Å². The van der Waals surface area contributed by atoms with Gasteiger partial charge in [0.15, 0.2) is 0 Å². The Hall–Kier alpha value is -1.29. The zero-order valence-corrected chi connectivity index (χ0v) is 11.3. The van der Waals surface area contributed by atoms with Crippen molar-refractivity contribution in [3.05, 3.63) is 29.6 Å². The van der Waals surface area contributed by atoms with Crippen LogP contribution in [-0.2, 0) is 0 Å². The van der Waals surface area contributed by atoms with E-state index in [-0.39, 0.29) is 11.3 Å². The molecule has 0 heterocycles. The van der Waals surface area contributed by atoms with E-state index in [0.717, 1.165) is 38.2 Å². The summed E-state index contributed by atoms with van der Waals surface area (Å²) in [5.41, 5.74) is -0.492. The smallest absolute Gasteiger partial charge is 0.254 e. The number of aromatic hydroxyl groups is 1. The fraction of sp³-hybridized carbons (Fsp3) is 0.500. The van der Waals surface area contributed by atoms with Crippen LogP contribution in [0.2, 0.25) is 0 Å². The second-order valence-electron chi connectivity index (χ2n) is 5.09. The summed E-state index contributed by atoms with van der Waals surface area (Å²) in [6.45, 7) is 0. The van der Waals surface area contributed by atoms with E-state index in [4.69, 9.17) is 16.7 Å². The predicted molar refractivity (Wildman–Crippen MR) is 72.1 cm³/mol. The third-order valence-electron chi connectivity index (χ3n) is 3.64. The lowest BCUT2D eigenvalue weighted by Gasteiger charge is -2.36. The molecule has 0 aliphatic heterocycles. The molecule has 2 N–H and O–H groups in total. The van der Waals surface area contributed by atoms with E-state index in [1.54, 1.807) is 0 Å². The molecule has 0 spiro atoms. The third kappa shape index (κ3) is 3.18. The lowest BCUT2D eigenvalue weighted by Crippen LogP contribution is -2.51. The molecule has 1 fully saturated rings. The van der Waals surface area contributed by atoms with Crippen LogP contribution in [0, 0.1) is 5.82 Å². The maximum Gasteiger partial charge on any atom is 0.254 e. The van der Waals surface area contributed by atoms with E-state index in [2.05, 4.69) is 5.32 Å². The van der Waals surface area contributed by atoms with Crippen LogP contribution in [-0.4, -0.2) is 22.4 Å². The number of benzene rings is 1. The minimum atomic E-state index is -0.724. The van der Waals surface area contributed by atoms with Crippen LogP contribution in [0.5, 0.6) is 5.75 Å². The van der Waals surface area contributed by atoms with Gasteiger partial charge in [0.2, 0.25) is 0 Å². The van der Waals surface area contributed by atoms with Gasteiger partial charge in [-0.3, -0.25) is 4.79 Å². The highest BCUT2D eigenvalue weighted by Crippen LogP contribution is 2.30. The summed E-state index contributed by atoms with van der Waals surface area (Å²) in [4.78, 5) is 12.1. The molecule has 0 unspecified atom stereocenters. The lowest BCUT2D eigenvalue weighted by atomic mass is 9.83. The van der Waals surface area contributed by atoms with Gasteiger partial charge in [-0.25, -0.2) is 4.39 Å². The van der Waals surface area contributed by atoms with Crippen LogP contribution >= 0.6 is 11.6 Å². The Morgan fingerprint density at radius 3 is 2.63 bits per heavy atom. The van der Waals surface area contributed by atoms with Crippen molar-refractivity contribution >= 4 is 17.5 Å². The molecule has 0 saturated heterocycles. The largest absolute Gasteiger partial charge is 0.508 e. The van der Waals surface area contributed by atoms with Crippen LogP contribution in [0.1, 0.15) is 42.5 Å². The predicted octanol–water partition coefficient (Wildman–Crippen LogP) is 3.20. The molecule has 5 heteroatoms. The first-order valence-electron chi connectivity index (χ1n) is 6.43. The number of nitrogens with one attached hydrogen (secondary N) is 1. The van der Waals surface area contributed by atoms with Crippen molar-refractivity contribution in [1.82, 2.24) is 5.32 Å². The van der Waals surface area contributed by atoms with E-state index in [9.17, 15) is 9.18 Å². The van der Waals surface area contributed by atoms with Crippen LogP contribution in [0.15, 0.2) is 18.2 Å². The molecule has 1 aliphatic carbocycles. The van der Waals surface area contributed by atoms with Crippen molar-refractivity contribution in [1.29, 1.82) is 0 Å². The highest BCUT2D eigenvalue weighted by Gasteiger charge is 2.33. The van der Waals surface area contributed by atoms with Gasteiger partial charge in [0.1, 0.15) is 11.6 Å². The van der Waals surface area contributed by atoms with Gasteiger partial charge in [-0.1, -0.05) is 19.3 Å². The molecular weight excluding hydrogens is 269 g/mol. The molecule has 0 aromatic heterocycles. The van der Waals surface area contributed by atoms with Crippen molar-refractivity contribution < 1.29 is 14.3 Å². The Morgan fingerprint density at radius 1 is 1.37 bits per heavy atom. The van der Waals surface area contributed by atoms with Crippen molar-refractivity contribution in [2.75, 3.05) is 5.88 Å². The molecule has 1 aliphatic rings. The average Bonchev–Trinajstić information content (AvgIpc) is 2.39. The second-order valence-corrected chi connectivity index (χ2v) is 5.36. The standard InChI is InChI=1S/C14H17ClFNO2/c15-9-14(6-2-1-3-7-14)17-13(19)11-5-4-10(18)8-12(11)16/h4-5,8,18H,1-3,6-7,9H2,(H,17,19). The van der Waals surface area contributed by atoms with Crippen LogP contribution in [0.25, 0.3) is 0 Å². The summed E-state index contributed by atoms with van der Waals surface area (Å²) in [6.07, 6.45) is 4.82. The van der Waals surface area contributed by atoms with Crippen molar-refractivity contribution in [2.24, 2.45) is 0 Å². The summed E-state index contributed by atoms with van der Waals surface area (Å²) in [5.74, 6) is -1.06. The van der Waals surface area contributed by atoms with Gasteiger partial charge < -0.3 is 10.4 Å². The summed E-state index contributed by atoms with van der Waals surface area (Å²) in [6, 6.07) is 3.51. The van der Waals surface area contributed by atoms with E-state index in [0.29, 0.717) is 5.88 Å². The monoisotopic (exact) mass is 285 g/mol. The van der Waals surface area contributed by atoms with Gasteiger partial charge in [0.25, 0.3) is 5.91 Å². The number of hydrogen-bond donors (Lipinski definition) is 2. The fourth-order valence-corrected chi connectivity index (χ4v) is 2.85. The highest BCUT2D eigenvalue weighted by molar-refractivity contribution is 6.19. The first kappa shape index (κ1) is 14.1. The summed E-state index contributed by atoms with van der Waals surface area (Å²) in [7, 11) is 0. The highest BCUT2D eigenvalue weighted by atomic mass is 35.5. The quantitative estimate of drug-likeness (QED) is 0.838. The summed E-state index contributed by atoms with van der Waals surface area (Å²) < 4.78 is 13.6. The second kappa shape index (κ2) is 5.78. The Bertz CT molecular complexity index is 473. The van der Waals surface area contributed by atoms with Crippen molar-refractivity contribution in [3.63, 3.8) is 0 Å². The van der Waals surface area contributed by atoms with Gasteiger partial charge in [0, 0.05) is 11.9 Å². The zero-order chi connectivity index (χ0) is 13.9. The number of carbonyl (C=O) groups excluding carboxylic acids is 1. The van der Waals surface area contributed by atoms with E-state index >= 15 is 0 Å². The van der Waals surface area contributed by atoms with Crippen LogP contribution in [0.4, 0.5) is 4.39 Å². The molecule has 3 nitrogen and oxygen atoms in total. The van der Waals surface area contributed by atoms with Gasteiger partial charge in [-0.2, -0.15) is 0 Å². The van der Waals surface area contributed by atoms with Crippen molar-refractivity contribution in [3.8, 4) is 5.75 Å². The number of hydrogen-bond acceptors (Lipinski definition) is 2. The molecule has 1 aromatic carbocycles. The number of rotatable bonds is 3. The van der Waals surface area contributed by atoms with Gasteiger partial charge in [0.05, 0.1) is 11.1 Å². The first-order chi connectivity index (χ1) is 9.06. The molecule has 19 heavy (non-hydrogen) atoms.